The van der Waals surface area contributed by atoms with Gasteiger partial charge in [0.15, 0.2) is 23.3 Å². The first-order valence-electron chi connectivity index (χ1n) is 11.4. The van der Waals surface area contributed by atoms with Gasteiger partial charge in [0.1, 0.15) is 11.7 Å². The predicted octanol–water partition coefficient (Wildman–Crippen LogP) is 3.63. The normalized spacial score (nSPS) is 15.6. The number of rotatable bonds is 7. The maximum atomic E-state index is 13.5. The SMILES string of the molecule is Cc1nc(NCc2cnn(Cc3cc(F)c(F)c(F)c3)c2)nc2c1NC(=O)[C@H](COC(C)(C)C)N2C. The smallest absolute Gasteiger partial charge is 0.249 e. The number of likely N-dealkylation sites (N-methyl/N-ethyl adjacent to an activating group) is 1. The van der Waals surface area contributed by atoms with Gasteiger partial charge in [0.2, 0.25) is 11.9 Å². The molecule has 1 aliphatic rings. The van der Waals surface area contributed by atoms with E-state index in [1.807, 2.05) is 20.8 Å². The van der Waals surface area contributed by atoms with Gasteiger partial charge in [0, 0.05) is 25.4 Å². The van der Waals surface area contributed by atoms with Crippen LogP contribution in [0.5, 0.6) is 0 Å². The molecule has 9 nitrogen and oxygen atoms in total. The second-order valence-electron chi connectivity index (χ2n) is 9.64. The van der Waals surface area contributed by atoms with Crippen molar-refractivity contribution < 1.29 is 22.7 Å². The number of benzene rings is 1. The van der Waals surface area contributed by atoms with Gasteiger partial charge in [-0.15, -0.1) is 0 Å². The fraction of sp³-hybridized carbons (Fsp3) is 0.417. The van der Waals surface area contributed by atoms with Crippen molar-refractivity contribution in [2.75, 3.05) is 29.2 Å². The number of carbonyl (C=O) groups is 1. The van der Waals surface area contributed by atoms with E-state index in [1.54, 1.807) is 31.3 Å². The summed E-state index contributed by atoms with van der Waals surface area (Å²) in [7, 11) is 1.79. The zero-order valence-electron chi connectivity index (χ0n) is 20.7. The zero-order chi connectivity index (χ0) is 26.2. The molecule has 4 rings (SSSR count). The van der Waals surface area contributed by atoms with Gasteiger partial charge in [0.05, 0.1) is 30.6 Å². The van der Waals surface area contributed by atoms with E-state index in [0.717, 1.165) is 17.7 Å². The van der Waals surface area contributed by atoms with Gasteiger partial charge in [-0.3, -0.25) is 9.48 Å². The molecule has 36 heavy (non-hydrogen) atoms. The fourth-order valence-electron chi connectivity index (χ4n) is 3.74. The first-order valence-corrected chi connectivity index (χ1v) is 11.4. The van der Waals surface area contributed by atoms with E-state index < -0.39 is 23.5 Å². The molecule has 0 saturated heterocycles. The molecule has 0 saturated carbocycles. The fourth-order valence-corrected chi connectivity index (χ4v) is 3.74. The summed E-state index contributed by atoms with van der Waals surface area (Å²) in [6, 6.07) is 1.34. The van der Waals surface area contributed by atoms with Crippen molar-refractivity contribution in [2.24, 2.45) is 0 Å². The van der Waals surface area contributed by atoms with Crippen molar-refractivity contribution in [1.82, 2.24) is 19.7 Å². The molecule has 1 atom stereocenters. The number of halogens is 3. The van der Waals surface area contributed by atoms with Crippen molar-refractivity contribution in [2.45, 2.75) is 52.4 Å². The maximum absolute atomic E-state index is 13.5. The van der Waals surface area contributed by atoms with E-state index in [-0.39, 0.29) is 30.2 Å². The Bertz CT molecular complexity index is 1270. The highest BCUT2D eigenvalue weighted by Gasteiger charge is 2.34. The standard InChI is InChI=1S/C24H28F3N7O2/c1-13-20-21(33(5)18(22(35)31-20)12-36-24(2,3)4)32-23(30-13)28-8-15-9-29-34(11-15)10-14-6-16(25)19(27)17(26)7-14/h6-7,9,11,18H,8,10,12H2,1-5H3,(H,31,35)(H,28,30,32)/t18-/m0/s1. The summed E-state index contributed by atoms with van der Waals surface area (Å²) in [5.74, 6) is -3.24. The van der Waals surface area contributed by atoms with E-state index in [0.29, 0.717) is 29.7 Å². The molecule has 3 heterocycles. The molecule has 3 aromatic rings. The molecule has 2 N–H and O–H groups in total. The molecule has 0 aliphatic carbocycles. The molecular weight excluding hydrogens is 475 g/mol. The second-order valence-corrected chi connectivity index (χ2v) is 9.64. The van der Waals surface area contributed by atoms with E-state index >= 15 is 0 Å². The van der Waals surface area contributed by atoms with Crippen LogP contribution >= 0.6 is 0 Å². The third-order valence-electron chi connectivity index (χ3n) is 5.62. The van der Waals surface area contributed by atoms with Crippen LogP contribution in [0, 0.1) is 24.4 Å². The van der Waals surface area contributed by atoms with Crippen LogP contribution in [0.4, 0.5) is 30.6 Å². The van der Waals surface area contributed by atoms with Gasteiger partial charge < -0.3 is 20.3 Å². The number of nitrogens with zero attached hydrogens (tertiary/aromatic N) is 5. The van der Waals surface area contributed by atoms with E-state index in [4.69, 9.17) is 4.74 Å². The number of amides is 1. The number of carbonyl (C=O) groups excluding carboxylic acids is 1. The Kier molecular flexibility index (Phi) is 6.90. The number of ether oxygens (including phenoxy) is 1. The summed E-state index contributed by atoms with van der Waals surface area (Å²) in [4.78, 5) is 23.5. The largest absolute Gasteiger partial charge is 0.373 e. The summed E-state index contributed by atoms with van der Waals surface area (Å²) >= 11 is 0. The van der Waals surface area contributed by atoms with Gasteiger partial charge in [-0.25, -0.2) is 18.2 Å². The summed E-state index contributed by atoms with van der Waals surface area (Å²) in [6.45, 7) is 8.17. The van der Waals surface area contributed by atoms with Crippen LogP contribution < -0.4 is 15.5 Å². The molecule has 0 spiro atoms. The van der Waals surface area contributed by atoms with E-state index in [2.05, 4.69) is 25.7 Å². The van der Waals surface area contributed by atoms with Gasteiger partial charge in [-0.05, 0) is 45.4 Å². The molecule has 2 aromatic heterocycles. The van der Waals surface area contributed by atoms with Gasteiger partial charge >= 0.3 is 0 Å². The highest BCUT2D eigenvalue weighted by Crippen LogP contribution is 2.32. The lowest BCUT2D eigenvalue weighted by Crippen LogP contribution is -2.50. The lowest BCUT2D eigenvalue weighted by Gasteiger charge is -2.36. The number of hydrogen-bond acceptors (Lipinski definition) is 7. The van der Waals surface area contributed by atoms with Crippen LogP contribution in [0.25, 0.3) is 0 Å². The van der Waals surface area contributed by atoms with Crippen LogP contribution in [0.3, 0.4) is 0 Å². The lowest BCUT2D eigenvalue weighted by molar-refractivity contribution is -0.120. The number of fused-ring (bicyclic) bond motifs is 1. The summed E-state index contributed by atoms with van der Waals surface area (Å²) in [5, 5.41) is 10.2. The molecule has 192 valence electrons. The van der Waals surface area contributed by atoms with Crippen molar-refractivity contribution in [3.8, 4) is 0 Å². The van der Waals surface area contributed by atoms with E-state index in [1.165, 1.54) is 4.68 Å². The third-order valence-corrected chi connectivity index (χ3v) is 5.62. The lowest BCUT2D eigenvalue weighted by atomic mass is 10.1. The molecule has 0 radical (unpaired) electrons. The Balaban J connectivity index is 1.45. The molecule has 0 bridgehead atoms. The molecule has 1 aromatic carbocycles. The molecular formula is C24H28F3N7O2. The Morgan fingerprint density at radius 2 is 1.83 bits per heavy atom. The molecule has 1 amide bonds. The molecule has 0 fully saturated rings. The summed E-state index contributed by atoms with van der Waals surface area (Å²) in [6.07, 6.45) is 3.30. The second kappa shape index (κ2) is 9.76. The van der Waals surface area contributed by atoms with Gasteiger partial charge in [-0.1, -0.05) is 0 Å². The monoisotopic (exact) mass is 503 g/mol. The maximum Gasteiger partial charge on any atom is 0.249 e. The minimum atomic E-state index is -1.50. The quantitative estimate of drug-likeness (QED) is 0.475. The number of aryl methyl sites for hydroxylation is 1. The number of anilines is 3. The van der Waals surface area contributed by atoms with Gasteiger partial charge in [-0.2, -0.15) is 10.1 Å². The highest BCUT2D eigenvalue weighted by molar-refractivity contribution is 6.03. The summed E-state index contributed by atoms with van der Waals surface area (Å²) in [5.41, 5.74) is 1.78. The average molecular weight is 504 g/mol. The van der Waals surface area contributed by atoms with Crippen LogP contribution in [0.15, 0.2) is 24.5 Å². The highest BCUT2D eigenvalue weighted by atomic mass is 19.2. The van der Waals surface area contributed by atoms with Crippen molar-refractivity contribution in [3.63, 3.8) is 0 Å². The predicted molar refractivity (Wildman–Crippen MR) is 128 cm³/mol. The molecule has 0 unspecified atom stereocenters. The minimum Gasteiger partial charge on any atom is -0.373 e. The Hall–Kier alpha value is -3.67. The topological polar surface area (TPSA) is 97.2 Å². The molecule has 12 heteroatoms. The number of hydrogen-bond donors (Lipinski definition) is 2. The van der Waals surface area contributed by atoms with Crippen molar-refractivity contribution in [3.05, 3.63) is 58.8 Å². The summed E-state index contributed by atoms with van der Waals surface area (Å²) < 4.78 is 47.4. The number of aromatic nitrogens is 4. The van der Waals surface area contributed by atoms with Crippen LogP contribution in [0.2, 0.25) is 0 Å². The zero-order valence-corrected chi connectivity index (χ0v) is 20.7. The number of nitrogens with one attached hydrogen (secondary N) is 2. The Morgan fingerprint density at radius 3 is 2.50 bits per heavy atom. The van der Waals surface area contributed by atoms with Crippen LogP contribution in [0.1, 0.15) is 37.6 Å². The Morgan fingerprint density at radius 1 is 1.14 bits per heavy atom. The van der Waals surface area contributed by atoms with Crippen LogP contribution in [-0.4, -0.2) is 51.0 Å². The van der Waals surface area contributed by atoms with Crippen molar-refractivity contribution in [1.29, 1.82) is 0 Å². The first-order chi connectivity index (χ1) is 16.9. The van der Waals surface area contributed by atoms with Crippen molar-refractivity contribution >= 4 is 23.4 Å². The van der Waals surface area contributed by atoms with E-state index in [9.17, 15) is 18.0 Å². The third kappa shape index (κ3) is 5.59. The Labute approximate surface area is 206 Å². The van der Waals surface area contributed by atoms with Gasteiger partial charge in [0.25, 0.3) is 0 Å². The average Bonchev–Trinajstić information content (AvgIpc) is 3.23. The minimum absolute atomic E-state index is 0.0745. The van der Waals surface area contributed by atoms with Crippen LogP contribution in [-0.2, 0) is 22.6 Å². The first kappa shape index (κ1) is 25.4. The molecule has 1 aliphatic heterocycles.